The largest absolute Gasteiger partial charge is 0.495 e. The van der Waals surface area contributed by atoms with Crippen molar-refractivity contribution in [3.63, 3.8) is 0 Å². The number of carbonyl (C=O) groups excluding carboxylic acids is 1. The summed E-state index contributed by atoms with van der Waals surface area (Å²) in [7, 11) is 3.48. The van der Waals surface area contributed by atoms with Gasteiger partial charge >= 0.3 is 0 Å². The van der Waals surface area contributed by atoms with E-state index in [1.165, 1.54) is 49.7 Å². The number of methoxy groups -OCH3 is 2. The molecule has 5 aliphatic rings. The number of ketones is 1. The number of fused-ring (bicyclic) bond motifs is 1. The Bertz CT molecular complexity index is 1750. The van der Waals surface area contributed by atoms with Crippen molar-refractivity contribution in [1.29, 1.82) is 0 Å². The van der Waals surface area contributed by atoms with E-state index in [-0.39, 0.29) is 23.5 Å². The molecule has 5 fully saturated rings. The lowest BCUT2D eigenvalue weighted by molar-refractivity contribution is -0.0435. The average Bonchev–Trinajstić information content (AvgIpc) is 3.10. The number of piperazine rings is 1. The van der Waals surface area contributed by atoms with Crippen LogP contribution in [0.15, 0.2) is 78.9 Å². The number of hydrogen-bond donors (Lipinski definition) is 1. The molecule has 4 bridgehead atoms. The van der Waals surface area contributed by atoms with Crippen molar-refractivity contribution < 1.29 is 19.0 Å². The van der Waals surface area contributed by atoms with Gasteiger partial charge in [0.15, 0.2) is 12.1 Å². The first-order chi connectivity index (χ1) is 23.4. The molecule has 0 radical (unpaired) electrons. The van der Waals surface area contributed by atoms with E-state index in [1.54, 1.807) is 14.2 Å². The Kier molecular flexibility index (Phi) is 8.52. The molecule has 2 atom stereocenters. The minimum atomic E-state index is -0.327. The lowest BCUT2D eigenvalue weighted by atomic mass is 9.48. The van der Waals surface area contributed by atoms with Crippen LogP contribution in [0.4, 0.5) is 0 Å². The van der Waals surface area contributed by atoms with E-state index in [0.29, 0.717) is 6.54 Å². The van der Waals surface area contributed by atoms with E-state index in [4.69, 9.17) is 14.2 Å². The van der Waals surface area contributed by atoms with Gasteiger partial charge in [0.2, 0.25) is 0 Å². The van der Waals surface area contributed by atoms with Crippen molar-refractivity contribution in [2.45, 2.75) is 69.7 Å². The Morgan fingerprint density at radius 3 is 2.29 bits per heavy atom. The average molecular weight is 645 g/mol. The van der Waals surface area contributed by atoms with Gasteiger partial charge in [-0.25, -0.2) is 0 Å². The summed E-state index contributed by atoms with van der Waals surface area (Å²) >= 11 is 0. The molecule has 4 aromatic carbocycles. The van der Waals surface area contributed by atoms with E-state index in [2.05, 4.69) is 70.9 Å². The van der Waals surface area contributed by atoms with Crippen molar-refractivity contribution >= 4 is 16.6 Å². The minimum absolute atomic E-state index is 0.150. The van der Waals surface area contributed by atoms with Crippen LogP contribution in [0.2, 0.25) is 0 Å². The number of ether oxygens (including phenoxy) is 3. The number of nitrogens with one attached hydrogen (secondary N) is 1. The molecule has 0 spiro atoms. The third kappa shape index (κ3) is 5.82. The van der Waals surface area contributed by atoms with E-state index in [9.17, 15) is 4.79 Å². The maximum absolute atomic E-state index is 13.8. The van der Waals surface area contributed by atoms with Crippen LogP contribution >= 0.6 is 0 Å². The van der Waals surface area contributed by atoms with E-state index in [0.717, 1.165) is 76.3 Å². The Hall–Kier alpha value is -3.71. The van der Waals surface area contributed by atoms with Crippen molar-refractivity contribution in [3.8, 4) is 22.6 Å². The lowest BCUT2D eigenvalue weighted by Gasteiger charge is -2.57. The zero-order valence-corrected chi connectivity index (χ0v) is 28.5. The second kappa shape index (κ2) is 13.0. The van der Waals surface area contributed by atoms with E-state index >= 15 is 0 Å². The number of carbonyl (C=O) groups is 1. The molecule has 6 heteroatoms. The molecule has 1 saturated heterocycles. The first-order valence-corrected chi connectivity index (χ1v) is 17.9. The van der Waals surface area contributed by atoms with Crippen LogP contribution in [-0.2, 0) is 16.7 Å². The summed E-state index contributed by atoms with van der Waals surface area (Å²) in [4.78, 5) is 16.2. The fourth-order valence-electron chi connectivity index (χ4n) is 9.97. The summed E-state index contributed by atoms with van der Waals surface area (Å²) < 4.78 is 18.3. The Morgan fingerprint density at radius 2 is 1.62 bits per heavy atom. The highest BCUT2D eigenvalue weighted by Gasteiger charge is 2.52. The van der Waals surface area contributed by atoms with Gasteiger partial charge in [0, 0.05) is 55.4 Å². The summed E-state index contributed by atoms with van der Waals surface area (Å²) in [5, 5.41) is 5.65. The summed E-state index contributed by atoms with van der Waals surface area (Å²) in [6, 6.07) is 27.3. The van der Waals surface area contributed by atoms with Gasteiger partial charge in [-0.15, -0.1) is 0 Å². The Labute approximate surface area is 284 Å². The van der Waals surface area contributed by atoms with Crippen molar-refractivity contribution in [2.75, 3.05) is 33.9 Å². The molecule has 2 unspecified atom stereocenters. The first-order valence-electron chi connectivity index (χ1n) is 17.9. The van der Waals surface area contributed by atoms with Gasteiger partial charge in [0.05, 0.1) is 13.2 Å². The monoisotopic (exact) mass is 644 g/mol. The second-order valence-electron chi connectivity index (χ2n) is 15.0. The molecule has 1 N–H and O–H groups in total. The predicted molar refractivity (Wildman–Crippen MR) is 191 cm³/mol. The van der Waals surface area contributed by atoms with Gasteiger partial charge in [0.1, 0.15) is 11.5 Å². The molecule has 1 heterocycles. The SMILES string of the molecule is COc1c(-c2ccc(C(=O)C3CNCCN3Cc3ccccc3)cc2)ccc2cc(OC(C)OC)c(C34CC5CC(CC(C5)C3)C4)cc12. The number of benzene rings is 4. The van der Waals surface area contributed by atoms with Gasteiger partial charge in [-0.2, -0.15) is 0 Å². The quantitative estimate of drug-likeness (QED) is 0.139. The molecule has 0 aromatic heterocycles. The molecule has 1 aliphatic heterocycles. The van der Waals surface area contributed by atoms with Crippen LogP contribution in [0, 0.1) is 17.8 Å². The molecule has 250 valence electrons. The van der Waals surface area contributed by atoms with Crippen molar-refractivity contribution in [3.05, 3.63) is 95.6 Å². The normalized spacial score (nSPS) is 27.2. The third-order valence-corrected chi connectivity index (χ3v) is 11.9. The number of rotatable bonds is 10. The molecule has 48 heavy (non-hydrogen) atoms. The van der Waals surface area contributed by atoms with Gasteiger partial charge < -0.3 is 19.5 Å². The van der Waals surface area contributed by atoms with Crippen LogP contribution in [-0.4, -0.2) is 56.9 Å². The predicted octanol–water partition coefficient (Wildman–Crippen LogP) is 8.01. The smallest absolute Gasteiger partial charge is 0.196 e. The van der Waals surface area contributed by atoms with Crippen LogP contribution in [0.5, 0.6) is 11.5 Å². The summed E-state index contributed by atoms with van der Waals surface area (Å²) in [5.41, 5.74) is 5.52. The number of hydrogen-bond acceptors (Lipinski definition) is 6. The first kappa shape index (κ1) is 31.6. The van der Waals surface area contributed by atoms with Gasteiger partial charge in [0.25, 0.3) is 0 Å². The Morgan fingerprint density at radius 1 is 0.917 bits per heavy atom. The summed E-state index contributed by atoms with van der Waals surface area (Å²) in [6.07, 6.45) is 7.60. The number of Topliss-reactive ketones (excluding diaryl/α,β-unsaturated/α-hetero) is 1. The standard InChI is InChI=1S/C42H48N2O4/c1-27(46-2)48-39-20-34-13-14-35(41(47-3)36(34)21-37(39)42-22-29-17-30(23-42)19-31(18-29)24-42)32-9-11-33(12-10-32)40(45)38-25-43-15-16-44(38)26-28-7-5-4-6-8-28/h4-14,20-21,27,29-31,38,43H,15-19,22-26H2,1-3H3. The maximum Gasteiger partial charge on any atom is 0.196 e. The molecule has 0 amide bonds. The maximum atomic E-state index is 13.8. The fourth-order valence-corrected chi connectivity index (χ4v) is 9.97. The van der Waals surface area contributed by atoms with Crippen LogP contribution < -0.4 is 14.8 Å². The third-order valence-electron chi connectivity index (χ3n) is 11.9. The zero-order valence-electron chi connectivity index (χ0n) is 28.5. The minimum Gasteiger partial charge on any atom is -0.495 e. The molecule has 4 aromatic rings. The summed E-state index contributed by atoms with van der Waals surface area (Å²) in [5.74, 6) is 4.45. The number of nitrogens with zero attached hydrogens (tertiary/aromatic N) is 1. The Balaban J connectivity index is 1.12. The van der Waals surface area contributed by atoms with Gasteiger partial charge in [-0.05, 0) is 97.3 Å². The zero-order chi connectivity index (χ0) is 32.8. The fraction of sp³-hybridized carbons (Fsp3) is 0.452. The molecule has 4 aliphatic carbocycles. The molecule has 6 nitrogen and oxygen atoms in total. The van der Waals surface area contributed by atoms with Crippen LogP contribution in [0.3, 0.4) is 0 Å². The molecule has 9 rings (SSSR count). The highest BCUT2D eigenvalue weighted by Crippen LogP contribution is 2.62. The molecular weight excluding hydrogens is 596 g/mol. The van der Waals surface area contributed by atoms with Gasteiger partial charge in [-0.3, -0.25) is 9.69 Å². The molecule has 4 saturated carbocycles. The topological polar surface area (TPSA) is 60.0 Å². The van der Waals surface area contributed by atoms with Crippen LogP contribution in [0.1, 0.15) is 66.9 Å². The van der Waals surface area contributed by atoms with Crippen molar-refractivity contribution in [2.24, 2.45) is 17.8 Å². The lowest BCUT2D eigenvalue weighted by Crippen LogP contribution is -2.54. The van der Waals surface area contributed by atoms with E-state index < -0.39 is 0 Å². The van der Waals surface area contributed by atoms with Gasteiger partial charge in [-0.1, -0.05) is 66.7 Å². The molecular formula is C42H48N2O4. The van der Waals surface area contributed by atoms with Crippen LogP contribution in [0.25, 0.3) is 21.9 Å². The van der Waals surface area contributed by atoms with E-state index in [1.807, 2.05) is 25.1 Å². The highest BCUT2D eigenvalue weighted by atomic mass is 16.7. The van der Waals surface area contributed by atoms with Crippen molar-refractivity contribution in [1.82, 2.24) is 10.2 Å². The highest BCUT2D eigenvalue weighted by molar-refractivity contribution is 6.01. The second-order valence-corrected chi connectivity index (χ2v) is 15.0. The summed E-state index contributed by atoms with van der Waals surface area (Å²) in [6.45, 7) is 5.14.